The molecule has 0 aliphatic heterocycles. The molecule has 0 saturated heterocycles. The number of carboxylic acid groups (broad SMARTS) is 1. The molecule has 0 spiro atoms. The lowest BCUT2D eigenvalue weighted by atomic mass is 10.00. The Morgan fingerprint density at radius 3 is 1.86 bits per heavy atom. The van der Waals surface area contributed by atoms with Crippen molar-refractivity contribution in [2.75, 3.05) is 0 Å². The van der Waals surface area contributed by atoms with Crippen LogP contribution in [0.4, 0.5) is 0 Å². The van der Waals surface area contributed by atoms with Crippen LogP contribution in [0.25, 0.3) is 0 Å². The highest BCUT2D eigenvalue weighted by Crippen LogP contribution is 2.12. The summed E-state index contributed by atoms with van der Waals surface area (Å²) in [5, 5.41) is 23.8. The zero-order chi connectivity index (χ0) is 20.7. The van der Waals surface area contributed by atoms with Crippen molar-refractivity contribution in [2.45, 2.75) is 52.2 Å². The summed E-state index contributed by atoms with van der Waals surface area (Å²) in [7, 11) is 0. The molecule has 3 atom stereocenters. The van der Waals surface area contributed by atoms with Gasteiger partial charge in [-0.2, -0.15) is 0 Å². The number of phenols is 1. The monoisotopic (exact) mass is 415 g/mol. The number of nitrogens with two attached hydrogens (primary N) is 1. The van der Waals surface area contributed by atoms with E-state index >= 15 is 0 Å². The summed E-state index contributed by atoms with van der Waals surface area (Å²) in [6.07, 6.45) is 0.132. The van der Waals surface area contributed by atoms with Gasteiger partial charge in [-0.25, -0.2) is 4.79 Å². The number of aromatic hydroxyl groups is 1. The Morgan fingerprint density at radius 1 is 0.931 bits per heavy atom. The topological polar surface area (TPSA) is 205 Å². The van der Waals surface area contributed by atoms with Crippen molar-refractivity contribution >= 4 is 17.8 Å². The van der Waals surface area contributed by atoms with Gasteiger partial charge in [-0.1, -0.05) is 39.8 Å². The summed E-state index contributed by atoms with van der Waals surface area (Å²) in [4.78, 5) is 36.4. The Kier molecular flexibility index (Phi) is 12.5. The van der Waals surface area contributed by atoms with E-state index in [1.54, 1.807) is 39.8 Å². The molecule has 0 saturated carbocycles. The minimum Gasteiger partial charge on any atom is -0.508 e. The Bertz CT molecular complexity index is 662. The SMILES string of the molecule is CC(C)[C@H](NC(=O)[C@H](Cc1ccc(O)cc1)NC(=O)[C@H](N)C(C)C)C(=O)O.O.O. The first-order chi connectivity index (χ1) is 12.5. The van der Waals surface area contributed by atoms with Gasteiger partial charge in [0.1, 0.15) is 17.8 Å². The molecular formula is C19H33N3O7. The average Bonchev–Trinajstić information content (AvgIpc) is 2.59. The first kappa shape index (κ1) is 28.5. The Hall–Kier alpha value is -2.69. The van der Waals surface area contributed by atoms with Gasteiger partial charge >= 0.3 is 5.97 Å². The maximum Gasteiger partial charge on any atom is 0.326 e. The highest BCUT2D eigenvalue weighted by molar-refractivity contribution is 5.92. The van der Waals surface area contributed by atoms with Crippen molar-refractivity contribution in [3.8, 4) is 5.75 Å². The molecule has 0 aromatic heterocycles. The van der Waals surface area contributed by atoms with Gasteiger partial charge < -0.3 is 37.5 Å². The first-order valence-electron chi connectivity index (χ1n) is 8.90. The van der Waals surface area contributed by atoms with E-state index in [-0.39, 0.29) is 35.0 Å². The number of nitrogens with one attached hydrogen (secondary N) is 2. The number of aliphatic carboxylic acids is 1. The van der Waals surface area contributed by atoms with Crippen molar-refractivity contribution < 1.29 is 35.5 Å². The van der Waals surface area contributed by atoms with Crippen molar-refractivity contribution in [1.82, 2.24) is 10.6 Å². The van der Waals surface area contributed by atoms with Crippen LogP contribution in [0.1, 0.15) is 33.3 Å². The number of hydrogen-bond acceptors (Lipinski definition) is 5. The normalized spacial score (nSPS) is 13.5. The summed E-state index contributed by atoms with van der Waals surface area (Å²) in [5.74, 6) is -2.60. The third kappa shape index (κ3) is 8.90. The Labute approximate surface area is 170 Å². The third-order valence-electron chi connectivity index (χ3n) is 4.26. The second-order valence-electron chi connectivity index (χ2n) is 7.27. The highest BCUT2D eigenvalue weighted by atomic mass is 16.4. The van der Waals surface area contributed by atoms with Gasteiger partial charge in [0, 0.05) is 6.42 Å². The molecule has 166 valence electrons. The molecule has 0 aliphatic carbocycles. The fourth-order valence-corrected chi connectivity index (χ4v) is 2.42. The standard InChI is InChI=1S/C19H29N3O5.2H2O/c1-10(2)15(20)18(25)21-14(9-12-5-7-13(23)8-6-12)17(24)22-16(11(3)4)19(26)27;;/h5-8,10-11,14-16,23H,9,20H2,1-4H3,(H,21,25)(H,22,24)(H,26,27);2*1H2/t14-,15+,16-;;/m0../s1. The second kappa shape index (κ2) is 12.7. The number of carbonyl (C=O) groups excluding carboxylic acids is 2. The molecule has 10 N–H and O–H groups in total. The van der Waals surface area contributed by atoms with Crippen molar-refractivity contribution in [3.05, 3.63) is 29.8 Å². The molecule has 0 aliphatic rings. The minimum atomic E-state index is -1.15. The van der Waals surface area contributed by atoms with Gasteiger partial charge in [0.15, 0.2) is 0 Å². The summed E-state index contributed by atoms with van der Waals surface area (Å²) in [5.41, 5.74) is 6.55. The van der Waals surface area contributed by atoms with Crippen LogP contribution in [-0.2, 0) is 20.8 Å². The van der Waals surface area contributed by atoms with Gasteiger partial charge in [-0.15, -0.1) is 0 Å². The van der Waals surface area contributed by atoms with E-state index in [4.69, 9.17) is 5.73 Å². The van der Waals surface area contributed by atoms with Crippen LogP contribution in [0.2, 0.25) is 0 Å². The van der Waals surface area contributed by atoms with E-state index in [9.17, 15) is 24.6 Å². The molecule has 10 nitrogen and oxygen atoms in total. The van der Waals surface area contributed by atoms with Gasteiger partial charge in [0.05, 0.1) is 6.04 Å². The minimum absolute atomic E-state index is 0. The van der Waals surface area contributed by atoms with Crippen LogP contribution in [-0.4, -0.2) is 57.1 Å². The molecule has 0 radical (unpaired) electrons. The Balaban J connectivity index is 0. The highest BCUT2D eigenvalue weighted by Gasteiger charge is 2.30. The van der Waals surface area contributed by atoms with Crippen molar-refractivity contribution in [2.24, 2.45) is 17.6 Å². The Morgan fingerprint density at radius 2 is 1.45 bits per heavy atom. The van der Waals surface area contributed by atoms with E-state index in [1.165, 1.54) is 12.1 Å². The van der Waals surface area contributed by atoms with Crippen LogP contribution in [0, 0.1) is 11.8 Å². The molecule has 1 aromatic carbocycles. The lowest BCUT2D eigenvalue weighted by Gasteiger charge is -2.25. The van der Waals surface area contributed by atoms with E-state index in [0.29, 0.717) is 5.56 Å². The molecule has 10 heteroatoms. The number of phenolic OH excluding ortho intramolecular Hbond substituents is 1. The van der Waals surface area contributed by atoms with Gasteiger partial charge in [0.2, 0.25) is 11.8 Å². The smallest absolute Gasteiger partial charge is 0.326 e. The van der Waals surface area contributed by atoms with Crippen LogP contribution in [0.3, 0.4) is 0 Å². The number of amides is 2. The summed E-state index contributed by atoms with van der Waals surface area (Å²) < 4.78 is 0. The number of hydrogen-bond donors (Lipinski definition) is 5. The first-order valence-corrected chi connectivity index (χ1v) is 8.90. The van der Waals surface area contributed by atoms with Crippen LogP contribution in [0.5, 0.6) is 5.75 Å². The number of rotatable bonds is 9. The molecule has 0 bridgehead atoms. The quantitative estimate of drug-likeness (QED) is 0.341. The summed E-state index contributed by atoms with van der Waals surface area (Å²) >= 11 is 0. The largest absolute Gasteiger partial charge is 0.508 e. The second-order valence-corrected chi connectivity index (χ2v) is 7.27. The predicted octanol–water partition coefficient (Wildman–Crippen LogP) is -1.02. The van der Waals surface area contributed by atoms with E-state index in [1.807, 2.05) is 0 Å². The molecular weight excluding hydrogens is 382 g/mol. The molecule has 0 heterocycles. The summed E-state index contributed by atoms with van der Waals surface area (Å²) in [6.45, 7) is 6.94. The lowest BCUT2D eigenvalue weighted by molar-refractivity contribution is -0.143. The lowest BCUT2D eigenvalue weighted by Crippen LogP contribution is -2.56. The van der Waals surface area contributed by atoms with Gasteiger partial charge in [0.25, 0.3) is 0 Å². The maximum atomic E-state index is 12.7. The molecule has 1 aromatic rings. The van der Waals surface area contributed by atoms with E-state index < -0.39 is 35.9 Å². The predicted molar refractivity (Wildman–Crippen MR) is 108 cm³/mol. The third-order valence-corrected chi connectivity index (χ3v) is 4.26. The fourth-order valence-electron chi connectivity index (χ4n) is 2.42. The zero-order valence-electron chi connectivity index (χ0n) is 17.1. The molecule has 1 rings (SSSR count). The van der Waals surface area contributed by atoms with Crippen LogP contribution < -0.4 is 16.4 Å². The maximum absolute atomic E-state index is 12.7. The van der Waals surface area contributed by atoms with E-state index in [0.717, 1.165) is 0 Å². The van der Waals surface area contributed by atoms with Crippen molar-refractivity contribution in [1.29, 1.82) is 0 Å². The van der Waals surface area contributed by atoms with Gasteiger partial charge in [-0.05, 0) is 29.5 Å². The zero-order valence-corrected chi connectivity index (χ0v) is 17.1. The number of carbonyl (C=O) groups is 3. The number of carboxylic acids is 1. The number of benzene rings is 1. The van der Waals surface area contributed by atoms with E-state index in [2.05, 4.69) is 10.6 Å². The summed E-state index contributed by atoms with van der Waals surface area (Å²) in [6, 6.07) is 3.34. The molecule has 0 fully saturated rings. The average molecular weight is 415 g/mol. The van der Waals surface area contributed by atoms with Crippen molar-refractivity contribution in [3.63, 3.8) is 0 Å². The fraction of sp³-hybridized carbons (Fsp3) is 0.526. The van der Waals surface area contributed by atoms with Crippen LogP contribution in [0.15, 0.2) is 24.3 Å². The van der Waals surface area contributed by atoms with Gasteiger partial charge in [-0.3, -0.25) is 9.59 Å². The van der Waals surface area contributed by atoms with Crippen LogP contribution >= 0.6 is 0 Å². The molecule has 29 heavy (non-hydrogen) atoms. The molecule has 0 unspecified atom stereocenters. The molecule has 2 amide bonds.